The molecule has 4 atom stereocenters. The van der Waals surface area contributed by atoms with Gasteiger partial charge < -0.3 is 30.5 Å². The third-order valence-electron chi connectivity index (χ3n) is 7.99. The predicted molar refractivity (Wildman–Crippen MR) is 184 cm³/mol. The molecule has 50 heavy (non-hydrogen) atoms. The standard InChI is InChI=1S/C37H35F2N3O7S/c38-26-10-6-24(7-11-26)31(43)22-50-36-35(42(37(36)48)29-14-12-27(39)13-15-29)25-8-16-30(17-9-25)49-21-33(45)40-20-32(44)41-28(19-34(46)47)18-23-4-2-1-3-5-23/h1-17,28,31,35-36,43H,18-22H2,(H,40,45)(H,41,44)(H,46,47)/t28-,31+,35?,36-/m1/s1. The number of carbonyl (C=O) groups excluding carboxylic acids is 3. The van der Waals surface area contributed by atoms with Crippen molar-refractivity contribution in [1.29, 1.82) is 0 Å². The van der Waals surface area contributed by atoms with E-state index in [1.165, 1.54) is 60.3 Å². The molecule has 1 aliphatic rings. The average Bonchev–Trinajstić information content (AvgIpc) is 3.10. The summed E-state index contributed by atoms with van der Waals surface area (Å²) in [5.41, 5.74) is 2.63. The molecule has 1 aliphatic heterocycles. The van der Waals surface area contributed by atoms with E-state index in [9.17, 15) is 38.2 Å². The van der Waals surface area contributed by atoms with Crippen LogP contribution in [0.5, 0.6) is 5.75 Å². The van der Waals surface area contributed by atoms with Gasteiger partial charge in [0.2, 0.25) is 11.8 Å². The number of nitrogens with zero attached hydrogens (tertiary/aromatic N) is 1. The number of carboxylic acids is 1. The molecule has 4 N–H and O–H groups in total. The molecule has 5 rings (SSSR count). The van der Waals surface area contributed by atoms with E-state index in [-0.39, 0.29) is 24.6 Å². The van der Waals surface area contributed by atoms with Gasteiger partial charge in [-0.15, -0.1) is 11.8 Å². The average molecular weight is 704 g/mol. The number of anilines is 1. The highest BCUT2D eigenvalue weighted by atomic mass is 32.2. The maximum atomic E-state index is 13.6. The summed E-state index contributed by atoms with van der Waals surface area (Å²) in [5, 5.41) is 24.5. The number of rotatable bonds is 16. The Morgan fingerprint density at radius 2 is 1.50 bits per heavy atom. The van der Waals surface area contributed by atoms with E-state index >= 15 is 0 Å². The number of aliphatic hydroxyl groups excluding tert-OH is 1. The van der Waals surface area contributed by atoms with Crippen molar-refractivity contribution in [2.45, 2.75) is 36.3 Å². The molecule has 4 aromatic carbocycles. The highest BCUT2D eigenvalue weighted by Gasteiger charge is 2.49. The second-order valence-electron chi connectivity index (χ2n) is 11.6. The van der Waals surface area contributed by atoms with Crippen molar-refractivity contribution >= 4 is 41.1 Å². The maximum Gasteiger partial charge on any atom is 0.305 e. The highest BCUT2D eigenvalue weighted by Crippen LogP contribution is 2.46. The summed E-state index contributed by atoms with van der Waals surface area (Å²) in [5.74, 6) is -2.71. The van der Waals surface area contributed by atoms with Crippen molar-refractivity contribution in [2.75, 3.05) is 23.8 Å². The van der Waals surface area contributed by atoms with Crippen LogP contribution in [0.15, 0.2) is 103 Å². The summed E-state index contributed by atoms with van der Waals surface area (Å²) in [4.78, 5) is 51.1. The van der Waals surface area contributed by atoms with Gasteiger partial charge in [0.05, 0.1) is 25.1 Å². The van der Waals surface area contributed by atoms with Crippen molar-refractivity contribution in [1.82, 2.24) is 10.6 Å². The van der Waals surface area contributed by atoms with Crippen LogP contribution >= 0.6 is 11.8 Å². The SMILES string of the molecule is O=C(O)C[C@@H](Cc1ccccc1)NC(=O)CNC(=O)COc1ccc(C2[C@@H](SC[C@H](O)c3ccc(F)cc3)C(=O)N2c2ccc(F)cc2)cc1. The molecule has 1 unspecified atom stereocenters. The number of ether oxygens (including phenoxy) is 1. The maximum absolute atomic E-state index is 13.6. The first kappa shape index (κ1) is 36.0. The van der Waals surface area contributed by atoms with Crippen LogP contribution in [0.2, 0.25) is 0 Å². The van der Waals surface area contributed by atoms with Crippen LogP contribution in [-0.4, -0.2) is 64.1 Å². The van der Waals surface area contributed by atoms with Crippen LogP contribution in [0.3, 0.4) is 0 Å². The van der Waals surface area contributed by atoms with Gasteiger partial charge in [0.15, 0.2) is 6.61 Å². The van der Waals surface area contributed by atoms with E-state index < -0.39 is 59.5 Å². The van der Waals surface area contributed by atoms with Crippen molar-refractivity contribution < 1.29 is 42.9 Å². The molecule has 1 fully saturated rings. The number of carbonyl (C=O) groups is 4. The number of carboxylic acid groups (broad SMARTS) is 1. The summed E-state index contributed by atoms with van der Waals surface area (Å²) >= 11 is 1.26. The largest absolute Gasteiger partial charge is 0.484 e. The fourth-order valence-electron chi connectivity index (χ4n) is 5.52. The fraction of sp³-hybridized carbons (Fsp3) is 0.243. The zero-order valence-electron chi connectivity index (χ0n) is 26.7. The number of β-lactam (4-membered cyclic amide) rings is 1. The minimum atomic E-state index is -1.06. The highest BCUT2D eigenvalue weighted by molar-refractivity contribution is 8.00. The first-order valence-corrected chi connectivity index (χ1v) is 16.8. The van der Waals surface area contributed by atoms with Gasteiger partial charge in [0.1, 0.15) is 22.6 Å². The first-order valence-electron chi connectivity index (χ1n) is 15.8. The normalized spacial score (nSPS) is 16.5. The molecule has 1 saturated heterocycles. The Labute approximate surface area is 291 Å². The molecular weight excluding hydrogens is 668 g/mol. The lowest BCUT2D eigenvalue weighted by Crippen LogP contribution is -2.57. The summed E-state index contributed by atoms with van der Waals surface area (Å²) in [6.07, 6.45) is -0.885. The van der Waals surface area contributed by atoms with E-state index in [1.807, 2.05) is 30.3 Å². The Balaban J connectivity index is 1.16. The summed E-state index contributed by atoms with van der Waals surface area (Å²) in [6, 6.07) is 25.8. The lowest BCUT2D eigenvalue weighted by molar-refractivity contribution is -0.138. The Kier molecular flexibility index (Phi) is 12.2. The lowest BCUT2D eigenvalue weighted by Gasteiger charge is -2.47. The smallest absolute Gasteiger partial charge is 0.305 e. The van der Waals surface area contributed by atoms with E-state index in [2.05, 4.69) is 10.6 Å². The van der Waals surface area contributed by atoms with Gasteiger partial charge >= 0.3 is 5.97 Å². The van der Waals surface area contributed by atoms with Crippen LogP contribution in [0.25, 0.3) is 0 Å². The topological polar surface area (TPSA) is 145 Å². The molecule has 0 saturated carbocycles. The molecule has 4 aromatic rings. The second-order valence-corrected chi connectivity index (χ2v) is 12.8. The monoisotopic (exact) mass is 703 g/mol. The summed E-state index contributed by atoms with van der Waals surface area (Å²) in [7, 11) is 0. The van der Waals surface area contributed by atoms with E-state index in [1.54, 1.807) is 29.2 Å². The number of aliphatic carboxylic acids is 1. The van der Waals surface area contributed by atoms with Gasteiger partial charge in [0, 0.05) is 17.5 Å². The third-order valence-corrected chi connectivity index (χ3v) is 9.31. The molecule has 0 aromatic heterocycles. The van der Waals surface area contributed by atoms with Crippen LogP contribution < -0.4 is 20.3 Å². The van der Waals surface area contributed by atoms with Crippen LogP contribution in [0.1, 0.15) is 35.3 Å². The molecular formula is C37H35F2N3O7S. The number of hydrogen-bond acceptors (Lipinski definition) is 7. The number of nitrogens with one attached hydrogen (secondary N) is 2. The number of aliphatic hydroxyl groups is 1. The van der Waals surface area contributed by atoms with Crippen LogP contribution in [0, 0.1) is 11.6 Å². The lowest BCUT2D eigenvalue weighted by atomic mass is 9.92. The third kappa shape index (κ3) is 9.67. The van der Waals surface area contributed by atoms with Gasteiger partial charge in [-0.2, -0.15) is 0 Å². The molecule has 0 bridgehead atoms. The van der Waals surface area contributed by atoms with Crippen molar-refractivity contribution in [3.63, 3.8) is 0 Å². The Hall–Kier alpha value is -5.27. The van der Waals surface area contributed by atoms with Gasteiger partial charge in [-0.3, -0.25) is 19.2 Å². The Bertz CT molecular complexity index is 1780. The van der Waals surface area contributed by atoms with Crippen molar-refractivity contribution in [3.8, 4) is 5.75 Å². The molecule has 1 heterocycles. The van der Waals surface area contributed by atoms with E-state index in [0.29, 0.717) is 23.4 Å². The van der Waals surface area contributed by atoms with Gasteiger partial charge in [0.25, 0.3) is 5.91 Å². The molecule has 0 radical (unpaired) electrons. The van der Waals surface area contributed by atoms with Crippen molar-refractivity contribution in [3.05, 3.63) is 131 Å². The van der Waals surface area contributed by atoms with Crippen molar-refractivity contribution in [2.24, 2.45) is 0 Å². The molecule has 260 valence electrons. The summed E-state index contributed by atoms with van der Waals surface area (Å²) < 4.78 is 32.6. The number of thioether (sulfide) groups is 1. The second kappa shape index (κ2) is 16.9. The minimum absolute atomic E-state index is 0.178. The van der Waals surface area contributed by atoms with E-state index in [0.717, 1.165) is 11.1 Å². The zero-order chi connectivity index (χ0) is 35.6. The molecule has 13 heteroatoms. The van der Waals surface area contributed by atoms with Crippen LogP contribution in [0.4, 0.5) is 14.5 Å². The Morgan fingerprint density at radius 1 is 0.860 bits per heavy atom. The zero-order valence-corrected chi connectivity index (χ0v) is 27.5. The van der Waals surface area contributed by atoms with Crippen LogP contribution in [-0.2, 0) is 25.6 Å². The number of halogens is 2. The fourth-order valence-corrected chi connectivity index (χ4v) is 6.82. The van der Waals surface area contributed by atoms with Gasteiger partial charge in [-0.25, -0.2) is 8.78 Å². The van der Waals surface area contributed by atoms with E-state index in [4.69, 9.17) is 4.74 Å². The number of amides is 3. The van der Waals surface area contributed by atoms with Gasteiger partial charge in [-0.1, -0.05) is 54.6 Å². The Morgan fingerprint density at radius 3 is 2.14 bits per heavy atom. The number of hydrogen-bond donors (Lipinski definition) is 4. The predicted octanol–water partition coefficient (Wildman–Crippen LogP) is 4.59. The molecule has 3 amide bonds. The molecule has 10 nitrogen and oxygen atoms in total. The van der Waals surface area contributed by atoms with Gasteiger partial charge in [-0.05, 0) is 71.6 Å². The number of benzene rings is 4. The first-order chi connectivity index (χ1) is 24.1. The molecule has 0 spiro atoms. The molecule has 0 aliphatic carbocycles. The summed E-state index contributed by atoms with van der Waals surface area (Å²) in [6.45, 7) is -0.756. The minimum Gasteiger partial charge on any atom is -0.484 e. The quantitative estimate of drug-likeness (QED) is 0.124.